The van der Waals surface area contributed by atoms with Gasteiger partial charge in [-0.15, -0.1) is 0 Å². The van der Waals surface area contributed by atoms with Gasteiger partial charge in [0.15, 0.2) is 5.50 Å². The summed E-state index contributed by atoms with van der Waals surface area (Å²) in [5.41, 5.74) is 1.35. The van der Waals surface area contributed by atoms with E-state index in [-0.39, 0.29) is 11.4 Å². The normalized spacial score (nSPS) is 17.1. The van der Waals surface area contributed by atoms with Gasteiger partial charge in [-0.3, -0.25) is 4.79 Å². The van der Waals surface area contributed by atoms with Crippen LogP contribution in [-0.2, 0) is 4.79 Å². The van der Waals surface area contributed by atoms with Crippen molar-refractivity contribution in [1.82, 2.24) is 5.32 Å². The van der Waals surface area contributed by atoms with Crippen LogP contribution in [0.2, 0.25) is 5.02 Å². The molecule has 166 valence electrons. The Labute approximate surface area is 197 Å². The Morgan fingerprint density at radius 1 is 1.12 bits per heavy atom. The van der Waals surface area contributed by atoms with Crippen molar-refractivity contribution in [3.8, 4) is 11.5 Å². The van der Waals surface area contributed by atoms with Gasteiger partial charge in [-0.1, -0.05) is 67.5 Å². The van der Waals surface area contributed by atoms with Crippen molar-refractivity contribution in [3.63, 3.8) is 0 Å². The lowest BCUT2D eigenvalue weighted by Gasteiger charge is -2.15. The number of rotatable bonds is 7. The van der Waals surface area contributed by atoms with Crippen molar-refractivity contribution in [2.45, 2.75) is 19.3 Å². The van der Waals surface area contributed by atoms with Crippen LogP contribution in [0.1, 0.15) is 19.4 Å². The van der Waals surface area contributed by atoms with Gasteiger partial charge < -0.3 is 20.1 Å². The maximum absolute atomic E-state index is 12.7. The number of carbonyl (C=O) groups excluding carboxylic acids is 1. The lowest BCUT2D eigenvalue weighted by molar-refractivity contribution is -0.116. The van der Waals surface area contributed by atoms with E-state index in [9.17, 15) is 4.79 Å². The van der Waals surface area contributed by atoms with Crippen LogP contribution in [0.15, 0.2) is 59.5 Å². The minimum absolute atomic E-state index is 0.127. The molecule has 0 aliphatic carbocycles. The number of hydrogen-bond acceptors (Lipinski definition) is 5. The van der Waals surface area contributed by atoms with E-state index in [4.69, 9.17) is 21.1 Å². The van der Waals surface area contributed by atoms with Gasteiger partial charge >= 0.3 is 0 Å². The molecule has 1 heterocycles. The van der Waals surface area contributed by atoms with Crippen LogP contribution in [0.3, 0.4) is 0 Å². The quantitative estimate of drug-likeness (QED) is 0.408. The highest BCUT2D eigenvalue weighted by molar-refractivity contribution is 8.05. The fourth-order valence-corrected chi connectivity index (χ4v) is 4.58. The molecule has 0 aromatic heterocycles. The molecule has 0 saturated carbocycles. The Hall–Kier alpha value is -2.83. The molecule has 3 aromatic carbocycles. The molecular weight excluding hydrogens is 444 g/mol. The van der Waals surface area contributed by atoms with Crippen LogP contribution < -0.4 is 20.1 Å². The first-order valence-corrected chi connectivity index (χ1v) is 11.6. The molecule has 4 rings (SSSR count). The molecule has 1 atom stereocenters. The van der Waals surface area contributed by atoms with Crippen molar-refractivity contribution in [1.29, 1.82) is 0 Å². The fourth-order valence-electron chi connectivity index (χ4n) is 3.44. The van der Waals surface area contributed by atoms with E-state index in [1.165, 1.54) is 11.8 Å². The van der Waals surface area contributed by atoms with Gasteiger partial charge in [0.25, 0.3) is 5.91 Å². The summed E-state index contributed by atoms with van der Waals surface area (Å²) in [6, 6.07) is 17.4. The predicted octanol–water partition coefficient (Wildman–Crippen LogP) is 6.14. The van der Waals surface area contributed by atoms with Crippen molar-refractivity contribution < 1.29 is 14.3 Å². The molecule has 0 spiro atoms. The maximum Gasteiger partial charge on any atom is 0.260 e. The van der Waals surface area contributed by atoms with Gasteiger partial charge in [0, 0.05) is 10.4 Å². The smallest absolute Gasteiger partial charge is 0.260 e. The second-order valence-electron chi connectivity index (χ2n) is 7.87. The van der Waals surface area contributed by atoms with Gasteiger partial charge in [-0.2, -0.15) is 0 Å². The molecule has 3 aromatic rings. The fraction of sp³-hybridized carbons (Fsp3) is 0.240. The molecule has 1 fully saturated rings. The summed E-state index contributed by atoms with van der Waals surface area (Å²) in [5.74, 6) is 1.83. The number of methoxy groups -OCH3 is 1. The zero-order valence-electron chi connectivity index (χ0n) is 18.1. The van der Waals surface area contributed by atoms with Crippen molar-refractivity contribution in [2.24, 2.45) is 5.92 Å². The Morgan fingerprint density at radius 3 is 2.62 bits per heavy atom. The van der Waals surface area contributed by atoms with E-state index < -0.39 is 0 Å². The third kappa shape index (κ3) is 4.97. The lowest BCUT2D eigenvalue weighted by atomic mass is 10.0. The Balaban J connectivity index is 1.59. The van der Waals surface area contributed by atoms with Gasteiger partial charge in [0.2, 0.25) is 0 Å². The monoisotopic (exact) mass is 468 g/mol. The number of nitrogens with one attached hydrogen (secondary N) is 2. The van der Waals surface area contributed by atoms with Crippen molar-refractivity contribution in [2.75, 3.05) is 19.0 Å². The molecule has 1 saturated heterocycles. The highest BCUT2D eigenvalue weighted by Crippen LogP contribution is 2.36. The highest BCUT2D eigenvalue weighted by atomic mass is 35.5. The molecule has 5 nitrogen and oxygen atoms in total. The molecule has 0 radical (unpaired) electrons. The van der Waals surface area contributed by atoms with E-state index >= 15 is 0 Å². The molecular formula is C25H25ClN2O3S. The SMILES string of the molecule is COc1ccc(Cl)cc1NC1NC(=O)/C(=C/c2ccc(OCC(C)C)c3ccccc23)S1. The maximum atomic E-state index is 12.7. The summed E-state index contributed by atoms with van der Waals surface area (Å²) >= 11 is 7.54. The molecule has 0 bridgehead atoms. The summed E-state index contributed by atoms with van der Waals surface area (Å²) < 4.78 is 11.4. The Bertz CT molecular complexity index is 1180. The first-order chi connectivity index (χ1) is 15.4. The average Bonchev–Trinajstić information content (AvgIpc) is 3.11. The number of amides is 1. The van der Waals surface area contributed by atoms with Crippen molar-refractivity contribution >= 4 is 51.8 Å². The third-order valence-corrected chi connectivity index (χ3v) is 6.22. The number of fused-ring (bicyclic) bond motifs is 1. The number of benzene rings is 3. The summed E-state index contributed by atoms with van der Waals surface area (Å²) in [5, 5.41) is 8.90. The average molecular weight is 469 g/mol. The number of thioether (sulfide) groups is 1. The molecule has 2 N–H and O–H groups in total. The minimum atomic E-state index is -0.332. The van der Waals surface area contributed by atoms with E-state index in [0.717, 1.165) is 27.8 Å². The van der Waals surface area contributed by atoms with Crippen LogP contribution in [0.4, 0.5) is 5.69 Å². The zero-order chi connectivity index (χ0) is 22.7. The third-order valence-electron chi connectivity index (χ3n) is 4.96. The van der Waals surface area contributed by atoms with Crippen LogP contribution in [-0.4, -0.2) is 25.1 Å². The Kier molecular flexibility index (Phi) is 6.82. The van der Waals surface area contributed by atoms with Gasteiger partial charge in [-0.05, 0) is 47.2 Å². The largest absolute Gasteiger partial charge is 0.495 e. The van der Waals surface area contributed by atoms with E-state index in [2.05, 4.69) is 24.5 Å². The van der Waals surface area contributed by atoms with Crippen molar-refractivity contribution in [3.05, 3.63) is 70.1 Å². The summed E-state index contributed by atoms with van der Waals surface area (Å²) in [4.78, 5) is 13.3. The summed E-state index contributed by atoms with van der Waals surface area (Å²) in [7, 11) is 1.60. The lowest BCUT2D eigenvalue weighted by Crippen LogP contribution is -2.31. The van der Waals surface area contributed by atoms with Crippen LogP contribution in [0, 0.1) is 5.92 Å². The van der Waals surface area contributed by atoms with E-state index in [1.807, 2.05) is 42.5 Å². The van der Waals surface area contributed by atoms with Crippen LogP contribution in [0.5, 0.6) is 11.5 Å². The highest BCUT2D eigenvalue weighted by Gasteiger charge is 2.28. The number of halogens is 1. The minimum Gasteiger partial charge on any atom is -0.495 e. The van der Waals surface area contributed by atoms with E-state index in [1.54, 1.807) is 25.3 Å². The van der Waals surface area contributed by atoms with Crippen LogP contribution >= 0.6 is 23.4 Å². The first kappa shape index (κ1) is 22.4. The molecule has 7 heteroatoms. The topological polar surface area (TPSA) is 59.6 Å². The molecule has 1 unspecified atom stereocenters. The van der Waals surface area contributed by atoms with Gasteiger partial charge in [0.1, 0.15) is 11.5 Å². The molecule has 1 amide bonds. The Morgan fingerprint density at radius 2 is 1.88 bits per heavy atom. The number of anilines is 1. The number of hydrogen-bond donors (Lipinski definition) is 2. The predicted molar refractivity (Wildman–Crippen MR) is 133 cm³/mol. The standard InChI is InChI=1S/C25H25ClN2O3S/c1-15(2)14-31-21-10-8-16(18-6-4-5-7-19(18)21)12-23-24(29)28-25(32-23)27-20-13-17(26)9-11-22(20)30-3/h4-13,15,25,27H,14H2,1-3H3,(H,28,29)/b23-12-. The molecule has 1 aliphatic heterocycles. The zero-order valence-corrected chi connectivity index (χ0v) is 19.7. The number of ether oxygens (including phenoxy) is 2. The summed E-state index contributed by atoms with van der Waals surface area (Å²) in [6.45, 7) is 4.91. The number of carbonyl (C=O) groups is 1. The summed E-state index contributed by atoms with van der Waals surface area (Å²) in [6.07, 6.45) is 1.92. The van der Waals surface area contributed by atoms with E-state index in [0.29, 0.717) is 28.2 Å². The van der Waals surface area contributed by atoms with Crippen LogP contribution in [0.25, 0.3) is 16.8 Å². The second-order valence-corrected chi connectivity index (χ2v) is 9.46. The first-order valence-electron chi connectivity index (χ1n) is 10.4. The van der Waals surface area contributed by atoms with Gasteiger partial charge in [-0.25, -0.2) is 0 Å². The second kappa shape index (κ2) is 9.76. The van der Waals surface area contributed by atoms with Gasteiger partial charge in [0.05, 0.1) is 24.3 Å². The molecule has 32 heavy (non-hydrogen) atoms. The molecule has 1 aliphatic rings.